The number of carbonyl (C=O) groups excluding carboxylic acids is 2. The largest absolute Gasteiger partial charge is 0.490 e. The minimum atomic E-state index is -5.08. The standard InChI is InChI=1S/C29H35Cl2FN4O2.C2HF3O2/c1-28(2,3)14-18-16-34-25(20-5-4-6-22(31)24(20)32)29(18)21-8-7-19(30)13-23(21)36(26(29)37)27(38)35-15-17-9-11-33-12-10-17;3-2(4,5)1(6)7/h4-8,13,17-18,25,33-34H,9-12,14-16H2,1-3H3,(H,35,38);(H,6,7)/t18-,25-,29+;/m1./s1. The monoisotopic (exact) mass is 674 g/mol. The van der Waals surface area contributed by atoms with E-state index in [0.29, 0.717) is 47.3 Å². The summed E-state index contributed by atoms with van der Waals surface area (Å²) in [6, 6.07) is 8.92. The number of nitrogens with one attached hydrogen (secondary N) is 3. The average molecular weight is 676 g/mol. The molecule has 3 atom stereocenters. The van der Waals surface area contributed by atoms with E-state index in [0.717, 1.165) is 25.9 Å². The van der Waals surface area contributed by atoms with Gasteiger partial charge in [-0.05, 0) is 73.4 Å². The van der Waals surface area contributed by atoms with Crippen LogP contribution in [0.4, 0.5) is 28.0 Å². The van der Waals surface area contributed by atoms with Gasteiger partial charge in [0.1, 0.15) is 11.2 Å². The maximum Gasteiger partial charge on any atom is 0.490 e. The number of alkyl halides is 3. The lowest BCUT2D eigenvalue weighted by Gasteiger charge is -2.38. The van der Waals surface area contributed by atoms with Crippen molar-refractivity contribution in [1.82, 2.24) is 16.0 Å². The summed E-state index contributed by atoms with van der Waals surface area (Å²) in [5.41, 5.74) is 0.150. The highest BCUT2D eigenvalue weighted by molar-refractivity contribution is 6.32. The normalized spacial score (nSPS) is 23.5. The van der Waals surface area contributed by atoms with Crippen molar-refractivity contribution in [2.75, 3.05) is 31.1 Å². The number of hydrogen-bond acceptors (Lipinski definition) is 5. The van der Waals surface area contributed by atoms with Crippen molar-refractivity contribution in [3.63, 3.8) is 0 Å². The van der Waals surface area contributed by atoms with Crippen LogP contribution in [0.3, 0.4) is 0 Å². The van der Waals surface area contributed by atoms with Gasteiger partial charge in [0.15, 0.2) is 0 Å². The van der Waals surface area contributed by atoms with Gasteiger partial charge in [0, 0.05) is 23.7 Å². The molecule has 3 amide bonds. The van der Waals surface area contributed by atoms with Crippen LogP contribution in [-0.4, -0.2) is 55.4 Å². The molecule has 246 valence electrons. The summed E-state index contributed by atoms with van der Waals surface area (Å²) >= 11 is 12.6. The van der Waals surface area contributed by atoms with Gasteiger partial charge >= 0.3 is 18.2 Å². The van der Waals surface area contributed by atoms with Crippen molar-refractivity contribution in [3.8, 4) is 0 Å². The third kappa shape index (κ3) is 7.24. The Balaban J connectivity index is 0.000000591. The van der Waals surface area contributed by atoms with Crippen molar-refractivity contribution in [2.24, 2.45) is 17.3 Å². The summed E-state index contributed by atoms with van der Waals surface area (Å²) in [5.74, 6) is -3.52. The maximum atomic E-state index is 15.5. The maximum absolute atomic E-state index is 15.5. The number of amides is 3. The highest BCUT2D eigenvalue weighted by Gasteiger charge is 2.65. The number of carboxylic acid groups (broad SMARTS) is 1. The molecule has 0 aromatic heterocycles. The van der Waals surface area contributed by atoms with Gasteiger partial charge in [0.05, 0.1) is 16.8 Å². The molecule has 5 rings (SSSR count). The van der Waals surface area contributed by atoms with Gasteiger partial charge in [-0.25, -0.2) is 18.9 Å². The minimum Gasteiger partial charge on any atom is -0.475 e. The summed E-state index contributed by atoms with van der Waals surface area (Å²) in [7, 11) is 0. The predicted octanol–water partition coefficient (Wildman–Crippen LogP) is 6.46. The van der Waals surface area contributed by atoms with E-state index >= 15 is 4.39 Å². The molecule has 1 spiro atoms. The molecule has 3 heterocycles. The first-order chi connectivity index (χ1) is 21.0. The van der Waals surface area contributed by atoms with Crippen LogP contribution in [0.15, 0.2) is 36.4 Å². The molecule has 4 N–H and O–H groups in total. The first-order valence-electron chi connectivity index (χ1n) is 14.6. The van der Waals surface area contributed by atoms with Crippen molar-refractivity contribution < 1.29 is 37.1 Å². The molecule has 0 bridgehead atoms. The van der Waals surface area contributed by atoms with Crippen molar-refractivity contribution >= 4 is 46.8 Å². The summed E-state index contributed by atoms with van der Waals surface area (Å²) in [4.78, 5) is 38.5. The quantitative estimate of drug-likeness (QED) is 0.277. The van der Waals surface area contributed by atoms with Gasteiger partial charge in [-0.3, -0.25) is 4.79 Å². The van der Waals surface area contributed by atoms with E-state index in [2.05, 4.69) is 36.7 Å². The minimum absolute atomic E-state index is 0.00271. The van der Waals surface area contributed by atoms with E-state index in [1.165, 1.54) is 11.0 Å². The Labute approximate surface area is 268 Å². The molecule has 0 aliphatic carbocycles. The van der Waals surface area contributed by atoms with Crippen LogP contribution in [0.25, 0.3) is 0 Å². The van der Waals surface area contributed by atoms with Gasteiger partial charge in [-0.1, -0.05) is 62.2 Å². The first kappa shape index (κ1) is 34.9. The molecule has 2 saturated heterocycles. The lowest BCUT2D eigenvalue weighted by Crippen LogP contribution is -2.52. The van der Waals surface area contributed by atoms with Gasteiger partial charge in [-0.15, -0.1) is 0 Å². The molecule has 0 unspecified atom stereocenters. The zero-order valence-corrected chi connectivity index (χ0v) is 26.5. The zero-order valence-electron chi connectivity index (χ0n) is 25.0. The molecule has 3 aliphatic heterocycles. The van der Waals surface area contributed by atoms with Crippen molar-refractivity contribution in [2.45, 2.75) is 57.7 Å². The third-order valence-corrected chi connectivity index (χ3v) is 9.00. The Morgan fingerprint density at radius 2 is 1.76 bits per heavy atom. The molecule has 45 heavy (non-hydrogen) atoms. The SMILES string of the molecule is CC(C)(C)C[C@@H]1CN[C@H](c2cccc(Cl)c2F)[C@]12C(=O)N(C(=O)NCC1CCNCC1)c1cc(Cl)ccc12.O=C(O)C(F)(F)F. The number of hydrogen-bond donors (Lipinski definition) is 4. The Kier molecular flexibility index (Phi) is 10.4. The van der Waals surface area contributed by atoms with Gasteiger partial charge in [0.25, 0.3) is 0 Å². The molecular weight excluding hydrogens is 639 g/mol. The van der Waals surface area contributed by atoms with E-state index in [1.807, 2.05) is 6.07 Å². The van der Waals surface area contributed by atoms with E-state index < -0.39 is 35.5 Å². The lowest BCUT2D eigenvalue weighted by molar-refractivity contribution is -0.192. The van der Waals surface area contributed by atoms with Crippen LogP contribution in [0.2, 0.25) is 10.0 Å². The number of benzene rings is 2. The highest BCUT2D eigenvalue weighted by atomic mass is 35.5. The molecule has 14 heteroatoms. The second kappa shape index (κ2) is 13.4. The molecule has 2 fully saturated rings. The highest BCUT2D eigenvalue weighted by Crippen LogP contribution is 2.58. The topological polar surface area (TPSA) is 111 Å². The number of urea groups is 1. The summed E-state index contributed by atoms with van der Waals surface area (Å²) in [6.45, 7) is 9.18. The van der Waals surface area contributed by atoms with E-state index in [4.69, 9.17) is 33.1 Å². The number of halogens is 6. The molecule has 0 saturated carbocycles. The fraction of sp³-hybridized carbons (Fsp3) is 0.516. The van der Waals surface area contributed by atoms with Gasteiger partial charge in [-0.2, -0.15) is 13.2 Å². The second-order valence-electron chi connectivity index (χ2n) is 12.8. The number of imide groups is 1. The Morgan fingerprint density at radius 1 is 1.11 bits per heavy atom. The number of rotatable bonds is 4. The van der Waals surface area contributed by atoms with Crippen LogP contribution < -0.4 is 20.9 Å². The number of anilines is 1. The smallest absolute Gasteiger partial charge is 0.475 e. The van der Waals surface area contributed by atoms with E-state index in [1.54, 1.807) is 24.3 Å². The molecular formula is C31H36Cl2F4N4O4. The van der Waals surface area contributed by atoms with Gasteiger partial charge < -0.3 is 21.1 Å². The molecule has 2 aromatic carbocycles. The molecule has 0 radical (unpaired) electrons. The molecule has 2 aromatic rings. The Hall–Kier alpha value is -2.93. The first-order valence-corrected chi connectivity index (χ1v) is 15.3. The van der Waals surface area contributed by atoms with Crippen LogP contribution >= 0.6 is 23.2 Å². The Bertz CT molecular complexity index is 1450. The van der Waals surface area contributed by atoms with Crippen molar-refractivity contribution in [3.05, 3.63) is 63.4 Å². The second-order valence-corrected chi connectivity index (χ2v) is 13.6. The van der Waals surface area contributed by atoms with E-state index in [-0.39, 0.29) is 22.3 Å². The van der Waals surface area contributed by atoms with Gasteiger partial charge in [0.2, 0.25) is 5.91 Å². The van der Waals surface area contributed by atoms with Crippen LogP contribution in [-0.2, 0) is 15.0 Å². The third-order valence-electron chi connectivity index (χ3n) is 8.47. The van der Waals surface area contributed by atoms with Crippen LogP contribution in [0.5, 0.6) is 0 Å². The number of fused-ring (bicyclic) bond motifs is 2. The zero-order chi connectivity index (χ0) is 33.3. The van der Waals surface area contributed by atoms with E-state index in [9.17, 15) is 22.8 Å². The fourth-order valence-corrected chi connectivity index (χ4v) is 6.96. The molecule has 8 nitrogen and oxygen atoms in total. The molecule has 3 aliphatic rings. The number of piperidine rings is 1. The summed E-state index contributed by atoms with van der Waals surface area (Å²) in [6.07, 6.45) is -2.46. The number of carbonyl (C=O) groups is 3. The number of carboxylic acids is 1. The average Bonchev–Trinajstić information content (AvgIpc) is 3.43. The predicted molar refractivity (Wildman–Crippen MR) is 163 cm³/mol. The number of aliphatic carboxylic acids is 1. The fourth-order valence-electron chi connectivity index (χ4n) is 6.61. The summed E-state index contributed by atoms with van der Waals surface area (Å²) in [5, 5.41) is 17.3. The lowest BCUT2D eigenvalue weighted by atomic mass is 9.63. The Morgan fingerprint density at radius 3 is 2.36 bits per heavy atom. The summed E-state index contributed by atoms with van der Waals surface area (Å²) < 4.78 is 47.2. The number of nitrogens with zero attached hydrogens (tertiary/aromatic N) is 1. The van der Waals surface area contributed by atoms with Crippen LogP contribution in [0, 0.1) is 23.1 Å². The van der Waals surface area contributed by atoms with Crippen molar-refractivity contribution in [1.29, 1.82) is 0 Å². The van der Waals surface area contributed by atoms with Crippen LogP contribution in [0.1, 0.15) is 57.2 Å².